The summed E-state index contributed by atoms with van der Waals surface area (Å²) in [5.74, 6) is -0.184. The van der Waals surface area contributed by atoms with Gasteiger partial charge in [0.1, 0.15) is 0 Å². The van der Waals surface area contributed by atoms with E-state index in [1.807, 2.05) is 0 Å². The molecule has 0 amide bonds. The van der Waals surface area contributed by atoms with Crippen LogP contribution >= 0.6 is 0 Å². The Bertz CT molecular complexity index is 55.2. The van der Waals surface area contributed by atoms with Crippen LogP contribution < -0.4 is 0 Å². The number of carbonyl (C=O) groups is 1. The maximum absolute atomic E-state index is 9.62. The molecule has 0 saturated heterocycles. The normalized spacial score (nSPS) is 6.88. The van der Waals surface area contributed by atoms with Crippen molar-refractivity contribution in [3.05, 3.63) is 0 Å². The van der Waals surface area contributed by atoms with Crippen molar-refractivity contribution in [2.75, 3.05) is 6.61 Å². The predicted octanol–water partition coefficient (Wildman–Crippen LogP) is -1.17. The summed E-state index contributed by atoms with van der Waals surface area (Å²) in [7, 11) is 0.524. The molecule has 0 unspecified atom stereocenters. The molecule has 4 heteroatoms. The highest BCUT2D eigenvalue weighted by molar-refractivity contribution is 6.04. The summed E-state index contributed by atoms with van der Waals surface area (Å²) in [4.78, 5) is 9.62. The van der Waals surface area contributed by atoms with Gasteiger partial charge in [0.15, 0.2) is 0 Å². The van der Waals surface area contributed by atoms with Crippen molar-refractivity contribution >= 4 is 16.5 Å². The Hall–Kier alpha value is -0.353. The van der Waals surface area contributed by atoms with Gasteiger partial charge in [0.25, 0.3) is 5.97 Å². The smallest absolute Gasteiger partial charge is 0.288 e. The molecule has 0 aliphatic heterocycles. The minimum atomic E-state index is -0.184. The number of carbonyl (C=O) groups excluding carboxylic acids is 1. The summed E-state index contributed by atoms with van der Waals surface area (Å²) in [6, 6.07) is 0. The molecule has 0 aromatic carbocycles. The van der Waals surface area contributed by atoms with Crippen LogP contribution in [-0.2, 0) is 9.22 Å². The van der Waals surface area contributed by atoms with E-state index in [9.17, 15) is 4.79 Å². The van der Waals surface area contributed by atoms with Gasteiger partial charge in [-0.2, -0.15) is 0 Å². The highest BCUT2D eigenvalue weighted by atomic mass is 28.2. The molecule has 8 heavy (non-hydrogen) atoms. The lowest BCUT2D eigenvalue weighted by atomic mass is 10.9. The van der Waals surface area contributed by atoms with Crippen molar-refractivity contribution in [2.24, 2.45) is 0 Å². The molecule has 0 aromatic heterocycles. The van der Waals surface area contributed by atoms with Crippen LogP contribution in [0.2, 0.25) is 0 Å². The fraction of sp³-hybridized carbons (Fsp3) is 0.750. The van der Waals surface area contributed by atoms with Crippen LogP contribution in [0, 0.1) is 0 Å². The third-order valence-corrected chi connectivity index (χ3v) is 0.862. The molecular weight excluding hydrogens is 124 g/mol. The summed E-state index contributed by atoms with van der Waals surface area (Å²) in [6.07, 6.45) is 0. The van der Waals surface area contributed by atoms with Crippen molar-refractivity contribution in [1.29, 1.82) is 0 Å². The second-order valence-electron chi connectivity index (χ2n) is 1.01. The molecule has 0 aliphatic rings. The zero-order valence-electron chi connectivity index (χ0n) is 5.47. The quantitative estimate of drug-likeness (QED) is 0.427. The van der Waals surface area contributed by atoms with E-state index in [0.717, 1.165) is 0 Å². The van der Waals surface area contributed by atoms with E-state index in [1.165, 1.54) is 6.92 Å². The van der Waals surface area contributed by atoms with Gasteiger partial charge in [0.05, 0.1) is 0 Å². The molecule has 3 nitrogen and oxygen atoms in total. The van der Waals surface area contributed by atoms with Gasteiger partial charge in [-0.3, -0.25) is 4.79 Å². The zero-order chi connectivity index (χ0) is 6.99. The molecule has 0 heterocycles. The van der Waals surface area contributed by atoms with Crippen LogP contribution in [0.3, 0.4) is 0 Å². The minimum absolute atomic E-state index is 0.184. The number of hydrogen-bond donors (Lipinski definition) is 1. The Morgan fingerprint density at radius 3 is 2.00 bits per heavy atom. The highest BCUT2D eigenvalue weighted by Gasteiger charge is 1.74. The first-order valence-electron chi connectivity index (χ1n) is 2.34. The average molecular weight is 136 g/mol. The van der Waals surface area contributed by atoms with Gasteiger partial charge in [0, 0.05) is 13.5 Å². The molecule has 0 rings (SSSR count). The summed E-state index contributed by atoms with van der Waals surface area (Å²) in [5, 5.41) is 7.57. The Labute approximate surface area is 52.2 Å². The largest absolute Gasteiger partial charge is 0.529 e. The van der Waals surface area contributed by atoms with Crippen LogP contribution in [0.1, 0.15) is 13.8 Å². The van der Waals surface area contributed by atoms with E-state index in [4.69, 9.17) is 5.11 Å². The second kappa shape index (κ2) is 9.82. The molecule has 0 bridgehead atoms. The van der Waals surface area contributed by atoms with E-state index in [-0.39, 0.29) is 12.6 Å². The fourth-order valence-corrected chi connectivity index (χ4v) is 0. The van der Waals surface area contributed by atoms with Gasteiger partial charge in [-0.1, -0.05) is 0 Å². The van der Waals surface area contributed by atoms with Crippen LogP contribution in [0.15, 0.2) is 0 Å². The van der Waals surface area contributed by atoms with E-state index in [2.05, 4.69) is 4.43 Å². The summed E-state index contributed by atoms with van der Waals surface area (Å²) in [5.41, 5.74) is 0. The van der Waals surface area contributed by atoms with Gasteiger partial charge in [0.2, 0.25) is 10.5 Å². The van der Waals surface area contributed by atoms with Crippen LogP contribution in [0.5, 0.6) is 0 Å². The number of aliphatic hydroxyl groups excluding tert-OH is 1. The number of hydrogen-bond acceptors (Lipinski definition) is 3. The first-order valence-corrected chi connectivity index (χ1v) is 3.16. The van der Waals surface area contributed by atoms with Crippen LogP contribution in [0.25, 0.3) is 0 Å². The van der Waals surface area contributed by atoms with Gasteiger partial charge in [-0.25, -0.2) is 0 Å². The topological polar surface area (TPSA) is 46.5 Å². The molecule has 0 fully saturated rings. The molecular formula is C4H12O3Si. The van der Waals surface area contributed by atoms with Crippen molar-refractivity contribution < 1.29 is 14.3 Å². The maximum atomic E-state index is 9.62. The Morgan fingerprint density at radius 1 is 1.88 bits per heavy atom. The molecule has 0 spiro atoms. The monoisotopic (exact) mass is 136 g/mol. The van der Waals surface area contributed by atoms with E-state index >= 15 is 0 Å². The fourth-order valence-electron chi connectivity index (χ4n) is 0. The van der Waals surface area contributed by atoms with E-state index in [0.29, 0.717) is 10.5 Å². The molecule has 0 aliphatic carbocycles. The lowest BCUT2D eigenvalue weighted by Gasteiger charge is -1.82. The van der Waals surface area contributed by atoms with Gasteiger partial charge < -0.3 is 9.53 Å². The second-order valence-corrected chi connectivity index (χ2v) is 1.42. The molecule has 50 valence electrons. The highest BCUT2D eigenvalue weighted by Crippen LogP contribution is 1.58. The first-order chi connectivity index (χ1) is 3.68. The van der Waals surface area contributed by atoms with Gasteiger partial charge >= 0.3 is 0 Å². The SMILES string of the molecule is CC(=O)O[SiH3].CCO. The lowest BCUT2D eigenvalue weighted by molar-refractivity contribution is -0.131. The summed E-state index contributed by atoms with van der Waals surface area (Å²) in [6.45, 7) is 3.33. The third-order valence-electron chi connectivity index (χ3n) is 0.287. The average Bonchev–Trinajstić information content (AvgIpc) is 1.69. The Balaban J connectivity index is 0. The molecule has 0 radical (unpaired) electrons. The maximum Gasteiger partial charge on any atom is 0.288 e. The lowest BCUT2D eigenvalue weighted by Crippen LogP contribution is -1.90. The van der Waals surface area contributed by atoms with E-state index in [1.54, 1.807) is 6.92 Å². The van der Waals surface area contributed by atoms with Crippen LogP contribution in [0.4, 0.5) is 0 Å². The standard InChI is InChI=1S/C2H6O2Si.C2H6O/c1-2(3)4-5;1-2-3/h1,5H3;3H,2H2,1H3. The van der Waals surface area contributed by atoms with Gasteiger partial charge in [-0.05, 0) is 6.92 Å². The first kappa shape index (κ1) is 10.6. The zero-order valence-corrected chi connectivity index (χ0v) is 7.47. The minimum Gasteiger partial charge on any atom is -0.529 e. The van der Waals surface area contributed by atoms with E-state index < -0.39 is 0 Å². The van der Waals surface area contributed by atoms with Crippen LogP contribution in [-0.4, -0.2) is 28.2 Å². The summed E-state index contributed by atoms with van der Waals surface area (Å²) >= 11 is 0. The number of rotatable bonds is 0. The van der Waals surface area contributed by atoms with Crippen molar-refractivity contribution in [3.8, 4) is 0 Å². The van der Waals surface area contributed by atoms with Crippen molar-refractivity contribution in [3.63, 3.8) is 0 Å². The summed E-state index contributed by atoms with van der Waals surface area (Å²) < 4.78 is 4.25. The molecule has 1 N–H and O–H groups in total. The Kier molecular flexibility index (Phi) is 13.0. The van der Waals surface area contributed by atoms with Crippen molar-refractivity contribution in [2.45, 2.75) is 13.8 Å². The third kappa shape index (κ3) is 45.0. The van der Waals surface area contributed by atoms with Crippen molar-refractivity contribution in [1.82, 2.24) is 0 Å². The molecule has 0 aromatic rings. The molecule has 0 atom stereocenters. The molecule has 0 saturated carbocycles. The Morgan fingerprint density at radius 2 is 2.00 bits per heavy atom. The number of aliphatic hydroxyl groups is 1. The predicted molar refractivity (Wildman–Crippen MR) is 34.5 cm³/mol. The van der Waals surface area contributed by atoms with Gasteiger partial charge in [-0.15, -0.1) is 0 Å².